The van der Waals surface area contributed by atoms with Crippen molar-refractivity contribution in [1.29, 1.82) is 0 Å². The second kappa shape index (κ2) is 6.25. The fourth-order valence-electron chi connectivity index (χ4n) is 1.94. The number of ether oxygens (including phenoxy) is 1. The number of carbonyl (C=O) groups excluding carboxylic acids is 1. The van der Waals surface area contributed by atoms with Gasteiger partial charge >= 0.3 is 6.09 Å². The lowest BCUT2D eigenvalue weighted by atomic mass is 9.96. The van der Waals surface area contributed by atoms with Crippen molar-refractivity contribution >= 4 is 6.09 Å². The number of amides is 1. The molecule has 94 valence electrons. The summed E-state index contributed by atoms with van der Waals surface area (Å²) in [5.74, 6) is 0. The Hall–Kier alpha value is -1.55. The molecule has 1 aromatic carbocycles. The monoisotopic (exact) mass is 236 g/mol. The molecule has 1 aromatic rings. The van der Waals surface area contributed by atoms with Crippen LogP contribution in [-0.2, 0) is 4.74 Å². The Labute approximate surface area is 102 Å². The van der Waals surface area contributed by atoms with Crippen LogP contribution in [0.25, 0.3) is 0 Å². The van der Waals surface area contributed by atoms with Gasteiger partial charge in [0, 0.05) is 6.54 Å². The number of hydrogen-bond acceptors (Lipinski definition) is 3. The quantitative estimate of drug-likeness (QED) is 0.841. The molecule has 0 heterocycles. The molecule has 1 amide bonds. The second-order valence-electron chi connectivity index (χ2n) is 3.96. The molecule has 3 N–H and O–H groups in total. The zero-order valence-electron chi connectivity index (χ0n) is 10.6. The van der Waals surface area contributed by atoms with Gasteiger partial charge in [0.15, 0.2) is 0 Å². The van der Waals surface area contributed by atoms with Crippen LogP contribution >= 0.6 is 0 Å². The van der Waals surface area contributed by atoms with Gasteiger partial charge in [-0.3, -0.25) is 0 Å². The highest BCUT2D eigenvalue weighted by molar-refractivity contribution is 5.68. The molecule has 0 fully saturated rings. The Balaban J connectivity index is 2.90. The van der Waals surface area contributed by atoms with Crippen molar-refractivity contribution < 1.29 is 9.53 Å². The average molecular weight is 236 g/mol. The second-order valence-corrected chi connectivity index (χ2v) is 3.96. The summed E-state index contributed by atoms with van der Waals surface area (Å²) in [4.78, 5) is 11.4. The van der Waals surface area contributed by atoms with Gasteiger partial charge in [0.2, 0.25) is 0 Å². The van der Waals surface area contributed by atoms with Gasteiger partial charge in [-0.1, -0.05) is 18.2 Å². The lowest BCUT2D eigenvalue weighted by Crippen LogP contribution is -2.34. The van der Waals surface area contributed by atoms with E-state index in [9.17, 15) is 4.79 Å². The van der Waals surface area contributed by atoms with Crippen LogP contribution in [-0.4, -0.2) is 19.2 Å². The number of hydrogen-bond donors (Lipinski definition) is 2. The lowest BCUT2D eigenvalue weighted by Gasteiger charge is -2.21. The maximum atomic E-state index is 11.4. The zero-order chi connectivity index (χ0) is 12.8. The van der Waals surface area contributed by atoms with Crippen molar-refractivity contribution in [2.45, 2.75) is 26.8 Å². The molecule has 0 bridgehead atoms. The minimum Gasteiger partial charge on any atom is -0.450 e. The Morgan fingerprint density at radius 1 is 1.41 bits per heavy atom. The summed E-state index contributed by atoms with van der Waals surface area (Å²) in [5, 5.41) is 2.78. The van der Waals surface area contributed by atoms with Crippen molar-refractivity contribution in [3.63, 3.8) is 0 Å². The van der Waals surface area contributed by atoms with E-state index in [4.69, 9.17) is 10.5 Å². The van der Waals surface area contributed by atoms with Crippen molar-refractivity contribution in [2.75, 3.05) is 13.2 Å². The van der Waals surface area contributed by atoms with E-state index < -0.39 is 6.09 Å². The Morgan fingerprint density at radius 2 is 2.00 bits per heavy atom. The summed E-state index contributed by atoms with van der Waals surface area (Å²) >= 11 is 0. The van der Waals surface area contributed by atoms with Crippen LogP contribution in [0.3, 0.4) is 0 Å². The summed E-state index contributed by atoms with van der Waals surface area (Å²) in [5.41, 5.74) is 9.03. The zero-order valence-corrected chi connectivity index (χ0v) is 10.6. The average Bonchev–Trinajstić information content (AvgIpc) is 2.27. The van der Waals surface area contributed by atoms with E-state index in [0.29, 0.717) is 13.2 Å². The topological polar surface area (TPSA) is 64.3 Å². The van der Waals surface area contributed by atoms with Gasteiger partial charge in [-0.05, 0) is 37.5 Å². The van der Waals surface area contributed by atoms with Crippen LogP contribution < -0.4 is 11.1 Å². The van der Waals surface area contributed by atoms with E-state index in [1.165, 1.54) is 0 Å². The first-order chi connectivity index (χ1) is 8.10. The molecular weight excluding hydrogens is 216 g/mol. The highest BCUT2D eigenvalue weighted by Crippen LogP contribution is 2.21. The predicted molar refractivity (Wildman–Crippen MR) is 67.9 cm³/mol. The van der Waals surface area contributed by atoms with Crippen LogP contribution in [0.15, 0.2) is 18.2 Å². The van der Waals surface area contributed by atoms with Crippen molar-refractivity contribution in [1.82, 2.24) is 5.32 Å². The number of rotatable bonds is 4. The molecule has 0 radical (unpaired) electrons. The van der Waals surface area contributed by atoms with Gasteiger partial charge in [-0.25, -0.2) is 4.79 Å². The minimum atomic E-state index is -0.425. The van der Waals surface area contributed by atoms with Crippen LogP contribution in [0.5, 0.6) is 0 Å². The molecule has 0 saturated heterocycles. The van der Waals surface area contributed by atoms with Gasteiger partial charge < -0.3 is 15.8 Å². The fraction of sp³-hybridized carbons (Fsp3) is 0.462. The highest BCUT2D eigenvalue weighted by Gasteiger charge is 2.17. The van der Waals surface area contributed by atoms with Crippen molar-refractivity contribution in [2.24, 2.45) is 5.73 Å². The molecule has 0 saturated carbocycles. The Kier molecular flexibility index (Phi) is 4.97. The largest absolute Gasteiger partial charge is 0.450 e. The van der Waals surface area contributed by atoms with Crippen molar-refractivity contribution in [3.05, 3.63) is 34.9 Å². The summed E-state index contributed by atoms with van der Waals surface area (Å²) < 4.78 is 4.87. The smallest absolute Gasteiger partial charge is 0.407 e. The molecule has 17 heavy (non-hydrogen) atoms. The highest BCUT2D eigenvalue weighted by atomic mass is 16.5. The fourth-order valence-corrected chi connectivity index (χ4v) is 1.94. The third-order valence-electron chi connectivity index (χ3n) is 2.69. The maximum Gasteiger partial charge on any atom is 0.407 e. The number of benzene rings is 1. The standard InChI is InChI=1S/C13H20N2O2/c1-4-17-13(16)15-11(8-14)12-9(2)6-5-7-10(12)3/h5-7,11H,4,8,14H2,1-3H3,(H,15,16). The maximum absolute atomic E-state index is 11.4. The molecule has 1 unspecified atom stereocenters. The number of nitrogens with two attached hydrogens (primary N) is 1. The molecule has 0 aromatic heterocycles. The van der Waals surface area contributed by atoms with Gasteiger partial charge in [0.1, 0.15) is 0 Å². The van der Waals surface area contributed by atoms with Gasteiger partial charge in [0.05, 0.1) is 12.6 Å². The molecule has 0 aliphatic heterocycles. The minimum absolute atomic E-state index is 0.199. The first-order valence-electron chi connectivity index (χ1n) is 5.79. The molecule has 0 aliphatic carbocycles. The normalized spacial score (nSPS) is 12.0. The number of alkyl carbamates (subject to hydrolysis) is 1. The molecule has 1 rings (SSSR count). The Morgan fingerprint density at radius 3 is 2.47 bits per heavy atom. The van der Waals surface area contributed by atoms with Gasteiger partial charge in [0.25, 0.3) is 0 Å². The number of carbonyl (C=O) groups is 1. The summed E-state index contributed by atoms with van der Waals surface area (Å²) in [6.45, 7) is 6.51. The van der Waals surface area contributed by atoms with Gasteiger partial charge in [-0.15, -0.1) is 0 Å². The summed E-state index contributed by atoms with van der Waals surface area (Å²) in [6.07, 6.45) is -0.425. The first-order valence-corrected chi connectivity index (χ1v) is 5.79. The molecule has 4 heteroatoms. The van der Waals surface area contributed by atoms with E-state index in [2.05, 4.69) is 5.32 Å². The molecule has 0 aliphatic rings. The third kappa shape index (κ3) is 3.46. The van der Waals surface area contributed by atoms with E-state index in [-0.39, 0.29) is 6.04 Å². The van der Waals surface area contributed by atoms with Crippen molar-refractivity contribution in [3.8, 4) is 0 Å². The summed E-state index contributed by atoms with van der Waals surface area (Å²) in [7, 11) is 0. The number of aryl methyl sites for hydroxylation is 2. The van der Waals surface area contributed by atoms with Gasteiger partial charge in [-0.2, -0.15) is 0 Å². The van der Waals surface area contributed by atoms with Crippen LogP contribution in [0.4, 0.5) is 4.79 Å². The van der Waals surface area contributed by atoms with E-state index in [0.717, 1.165) is 16.7 Å². The van der Waals surface area contributed by atoms with Crippen LogP contribution in [0, 0.1) is 13.8 Å². The molecule has 1 atom stereocenters. The van der Waals surface area contributed by atoms with E-state index >= 15 is 0 Å². The number of nitrogens with one attached hydrogen (secondary N) is 1. The van der Waals surface area contributed by atoms with Crippen LogP contribution in [0.2, 0.25) is 0 Å². The first kappa shape index (κ1) is 13.5. The molecule has 0 spiro atoms. The third-order valence-corrected chi connectivity index (χ3v) is 2.69. The van der Waals surface area contributed by atoms with Crippen LogP contribution in [0.1, 0.15) is 29.7 Å². The van der Waals surface area contributed by atoms with E-state index in [1.807, 2.05) is 32.0 Å². The Bertz CT molecular complexity index is 371. The van der Waals surface area contributed by atoms with E-state index in [1.54, 1.807) is 6.92 Å². The SMILES string of the molecule is CCOC(=O)NC(CN)c1c(C)cccc1C. The molecule has 4 nitrogen and oxygen atoms in total. The predicted octanol–water partition coefficient (Wildman–Crippen LogP) is 2.05. The molecular formula is C13H20N2O2. The lowest BCUT2D eigenvalue weighted by molar-refractivity contribution is 0.148. The summed E-state index contributed by atoms with van der Waals surface area (Å²) in [6, 6.07) is 5.82.